The molecule has 1 atom stereocenters. The summed E-state index contributed by atoms with van der Waals surface area (Å²) in [6, 6.07) is 4.90. The second-order valence-electron chi connectivity index (χ2n) is 4.46. The minimum atomic E-state index is -0.435. The number of rotatable bonds is 3. The molecule has 2 rings (SSSR count). The third-order valence-corrected chi connectivity index (χ3v) is 3.67. The van der Waals surface area contributed by atoms with Crippen LogP contribution >= 0.6 is 15.9 Å². The van der Waals surface area contributed by atoms with Gasteiger partial charge in [-0.1, -0.05) is 0 Å². The zero-order chi connectivity index (χ0) is 13.8. The number of halogens is 1. The highest BCUT2D eigenvalue weighted by atomic mass is 79.9. The average molecular weight is 328 g/mol. The van der Waals surface area contributed by atoms with Gasteiger partial charge >= 0.3 is 0 Å². The summed E-state index contributed by atoms with van der Waals surface area (Å²) in [7, 11) is 0. The largest absolute Gasteiger partial charge is 0.382 e. The SMILES string of the molecule is O=C1CC(Nc2ccc(Br)c([N+](=O)[O-])c2)CCCN1. The van der Waals surface area contributed by atoms with Gasteiger partial charge in [0.2, 0.25) is 5.91 Å². The summed E-state index contributed by atoms with van der Waals surface area (Å²) in [5, 5.41) is 16.8. The lowest BCUT2D eigenvalue weighted by atomic mass is 10.1. The van der Waals surface area contributed by atoms with Gasteiger partial charge < -0.3 is 10.6 Å². The Kier molecular flexibility index (Phi) is 4.36. The van der Waals surface area contributed by atoms with E-state index in [0.717, 1.165) is 12.8 Å². The Hall–Kier alpha value is -1.63. The van der Waals surface area contributed by atoms with Gasteiger partial charge in [0.15, 0.2) is 0 Å². The topological polar surface area (TPSA) is 84.3 Å². The van der Waals surface area contributed by atoms with E-state index in [1.807, 2.05) is 0 Å². The van der Waals surface area contributed by atoms with Gasteiger partial charge in [0.1, 0.15) is 0 Å². The highest BCUT2D eigenvalue weighted by molar-refractivity contribution is 9.10. The fourth-order valence-electron chi connectivity index (χ4n) is 2.08. The Balaban J connectivity index is 2.12. The predicted octanol–water partition coefficient (Wildman–Crippen LogP) is 2.44. The molecule has 1 aliphatic heterocycles. The maximum absolute atomic E-state index is 11.4. The summed E-state index contributed by atoms with van der Waals surface area (Å²) in [5.41, 5.74) is 0.678. The van der Waals surface area contributed by atoms with Gasteiger partial charge in [-0.05, 0) is 40.9 Å². The first kappa shape index (κ1) is 13.8. The first-order valence-electron chi connectivity index (χ1n) is 6.03. The lowest BCUT2D eigenvalue weighted by molar-refractivity contribution is -0.385. The van der Waals surface area contributed by atoms with Gasteiger partial charge in [-0.15, -0.1) is 0 Å². The predicted molar refractivity (Wildman–Crippen MR) is 75.1 cm³/mol. The zero-order valence-corrected chi connectivity index (χ0v) is 11.8. The van der Waals surface area contributed by atoms with Gasteiger partial charge in [0.05, 0.1) is 9.40 Å². The van der Waals surface area contributed by atoms with Crippen molar-refractivity contribution >= 4 is 33.2 Å². The van der Waals surface area contributed by atoms with Crippen LogP contribution in [0.5, 0.6) is 0 Å². The van der Waals surface area contributed by atoms with Crippen molar-refractivity contribution in [1.29, 1.82) is 0 Å². The minimum Gasteiger partial charge on any atom is -0.382 e. The van der Waals surface area contributed by atoms with E-state index in [1.165, 1.54) is 6.07 Å². The third kappa shape index (κ3) is 3.66. The molecule has 2 N–H and O–H groups in total. The van der Waals surface area contributed by atoms with Gasteiger partial charge in [0, 0.05) is 30.8 Å². The quantitative estimate of drug-likeness (QED) is 0.659. The Bertz CT molecular complexity index is 507. The summed E-state index contributed by atoms with van der Waals surface area (Å²) in [4.78, 5) is 21.9. The summed E-state index contributed by atoms with van der Waals surface area (Å²) < 4.78 is 0.446. The summed E-state index contributed by atoms with van der Waals surface area (Å²) in [6.07, 6.45) is 2.16. The fourth-order valence-corrected chi connectivity index (χ4v) is 2.47. The molecular formula is C12H14BrN3O3. The number of nitrogens with zero attached hydrogens (tertiary/aromatic N) is 1. The Morgan fingerprint density at radius 1 is 1.47 bits per heavy atom. The smallest absolute Gasteiger partial charge is 0.285 e. The van der Waals surface area contributed by atoms with Crippen molar-refractivity contribution in [2.45, 2.75) is 25.3 Å². The van der Waals surface area contributed by atoms with E-state index in [9.17, 15) is 14.9 Å². The molecule has 0 aliphatic carbocycles. The lowest BCUT2D eigenvalue weighted by Crippen LogP contribution is -2.26. The summed E-state index contributed by atoms with van der Waals surface area (Å²) in [5.74, 6) is 0.0154. The number of benzene rings is 1. The molecule has 1 aliphatic rings. The van der Waals surface area contributed by atoms with Crippen LogP contribution < -0.4 is 10.6 Å². The molecule has 19 heavy (non-hydrogen) atoms. The minimum absolute atomic E-state index is 0.0154. The molecule has 1 amide bonds. The molecule has 1 heterocycles. The second kappa shape index (κ2) is 6.01. The molecular weight excluding hydrogens is 314 g/mol. The fraction of sp³-hybridized carbons (Fsp3) is 0.417. The highest BCUT2D eigenvalue weighted by Gasteiger charge is 2.18. The standard InChI is InChI=1S/C12H14BrN3O3/c13-10-4-3-9(6-11(10)16(18)19)15-8-2-1-5-14-12(17)7-8/h3-4,6,8,15H,1-2,5,7H2,(H,14,17). The van der Waals surface area contributed by atoms with Crippen molar-refractivity contribution in [3.8, 4) is 0 Å². The van der Waals surface area contributed by atoms with E-state index in [-0.39, 0.29) is 17.6 Å². The molecule has 1 unspecified atom stereocenters. The van der Waals surface area contributed by atoms with Crippen LogP contribution in [0.4, 0.5) is 11.4 Å². The van der Waals surface area contributed by atoms with Crippen LogP contribution in [-0.2, 0) is 4.79 Å². The number of nitro benzene ring substituents is 1. The molecule has 0 aromatic heterocycles. The molecule has 1 aromatic carbocycles. The number of nitrogens with one attached hydrogen (secondary N) is 2. The number of anilines is 1. The molecule has 0 bridgehead atoms. The molecule has 6 nitrogen and oxygen atoms in total. The number of amides is 1. The van der Waals surface area contributed by atoms with E-state index in [0.29, 0.717) is 23.1 Å². The lowest BCUT2D eigenvalue weighted by Gasteiger charge is -2.16. The Morgan fingerprint density at radius 3 is 3.00 bits per heavy atom. The maximum Gasteiger partial charge on any atom is 0.285 e. The van der Waals surface area contributed by atoms with E-state index >= 15 is 0 Å². The Morgan fingerprint density at radius 2 is 2.26 bits per heavy atom. The normalized spacial score (nSPS) is 19.4. The average Bonchev–Trinajstić information content (AvgIpc) is 2.56. The van der Waals surface area contributed by atoms with Crippen molar-refractivity contribution in [2.24, 2.45) is 0 Å². The van der Waals surface area contributed by atoms with Crippen molar-refractivity contribution in [3.63, 3.8) is 0 Å². The zero-order valence-electron chi connectivity index (χ0n) is 10.2. The van der Waals surface area contributed by atoms with E-state index in [4.69, 9.17) is 0 Å². The maximum atomic E-state index is 11.4. The van der Waals surface area contributed by atoms with Crippen LogP contribution in [0, 0.1) is 10.1 Å². The number of nitro groups is 1. The van der Waals surface area contributed by atoms with Crippen LogP contribution in [0.2, 0.25) is 0 Å². The van der Waals surface area contributed by atoms with Gasteiger partial charge in [-0.3, -0.25) is 14.9 Å². The van der Waals surface area contributed by atoms with E-state index in [1.54, 1.807) is 12.1 Å². The molecule has 102 valence electrons. The number of hydrogen-bond acceptors (Lipinski definition) is 4. The highest BCUT2D eigenvalue weighted by Crippen LogP contribution is 2.28. The molecule has 0 spiro atoms. The first-order chi connectivity index (χ1) is 9.06. The van der Waals surface area contributed by atoms with Crippen molar-refractivity contribution in [2.75, 3.05) is 11.9 Å². The van der Waals surface area contributed by atoms with Crippen molar-refractivity contribution < 1.29 is 9.72 Å². The number of hydrogen-bond donors (Lipinski definition) is 2. The third-order valence-electron chi connectivity index (χ3n) is 3.00. The van der Waals surface area contributed by atoms with Crippen LogP contribution in [0.25, 0.3) is 0 Å². The molecule has 0 saturated carbocycles. The van der Waals surface area contributed by atoms with Gasteiger partial charge in [-0.2, -0.15) is 0 Å². The first-order valence-corrected chi connectivity index (χ1v) is 6.83. The van der Waals surface area contributed by atoms with Crippen LogP contribution in [0.3, 0.4) is 0 Å². The summed E-state index contributed by atoms with van der Waals surface area (Å²) in [6.45, 7) is 0.692. The summed E-state index contributed by atoms with van der Waals surface area (Å²) >= 11 is 3.14. The molecule has 1 saturated heterocycles. The molecule has 1 fully saturated rings. The number of carbonyl (C=O) groups is 1. The van der Waals surface area contributed by atoms with Crippen molar-refractivity contribution in [3.05, 3.63) is 32.8 Å². The van der Waals surface area contributed by atoms with Crippen LogP contribution in [-0.4, -0.2) is 23.4 Å². The number of carbonyl (C=O) groups excluding carboxylic acids is 1. The van der Waals surface area contributed by atoms with Crippen LogP contribution in [0.15, 0.2) is 22.7 Å². The molecule has 0 radical (unpaired) electrons. The van der Waals surface area contributed by atoms with Crippen LogP contribution in [0.1, 0.15) is 19.3 Å². The van der Waals surface area contributed by atoms with Gasteiger partial charge in [-0.25, -0.2) is 0 Å². The monoisotopic (exact) mass is 327 g/mol. The van der Waals surface area contributed by atoms with E-state index < -0.39 is 4.92 Å². The molecule has 7 heteroatoms. The van der Waals surface area contributed by atoms with Gasteiger partial charge in [0.25, 0.3) is 5.69 Å². The molecule has 1 aromatic rings. The van der Waals surface area contributed by atoms with Crippen molar-refractivity contribution in [1.82, 2.24) is 5.32 Å². The van der Waals surface area contributed by atoms with E-state index in [2.05, 4.69) is 26.6 Å². The Labute approximate surface area is 118 Å². The second-order valence-corrected chi connectivity index (χ2v) is 5.32.